The molecule has 2 aromatic rings. The first kappa shape index (κ1) is 21.9. The average molecular weight is 421 g/mol. The van der Waals surface area contributed by atoms with Crippen LogP contribution < -0.4 is 10.1 Å². The summed E-state index contributed by atoms with van der Waals surface area (Å²) in [6.07, 6.45) is 7.83. The Balaban J connectivity index is 1.33. The fourth-order valence-electron chi connectivity index (χ4n) is 5.02. The van der Waals surface area contributed by atoms with Crippen LogP contribution in [-0.2, 0) is 10.2 Å². The molecule has 4 heteroatoms. The van der Waals surface area contributed by atoms with Gasteiger partial charge < -0.3 is 10.1 Å². The lowest BCUT2D eigenvalue weighted by atomic mass is 9.68. The van der Waals surface area contributed by atoms with E-state index in [1.807, 2.05) is 42.5 Å². The fraction of sp³-hybridized carbons (Fsp3) is 0.519. The van der Waals surface area contributed by atoms with Crippen molar-refractivity contribution in [2.24, 2.45) is 5.92 Å². The molecule has 2 aliphatic rings. The summed E-state index contributed by atoms with van der Waals surface area (Å²) in [4.78, 5) is 15.9. The molecule has 1 N–H and O–H groups in total. The van der Waals surface area contributed by atoms with E-state index in [0.29, 0.717) is 6.61 Å². The zero-order chi connectivity index (χ0) is 21.5. The number of ether oxygens (including phenoxy) is 1. The van der Waals surface area contributed by atoms with Gasteiger partial charge in [-0.15, -0.1) is 0 Å². The van der Waals surface area contributed by atoms with Crippen LogP contribution in [0.1, 0.15) is 57.4 Å². The van der Waals surface area contributed by atoms with Gasteiger partial charge in [0, 0.05) is 12.2 Å². The number of piperidine rings is 1. The number of hydrogen-bond acceptors (Lipinski definition) is 3. The number of hydrogen-bond donors (Lipinski definition) is 1. The van der Waals surface area contributed by atoms with Crippen molar-refractivity contribution in [2.45, 2.75) is 57.3 Å². The smallest absolute Gasteiger partial charge is 0.235 e. The number of amides is 1. The SMILES string of the molecule is CC1CCN(CCOc2ccc(NC(=O)C3(c4ccccc4)CCCCC3)cc2)CC1. The number of nitrogens with zero attached hydrogens (tertiary/aromatic N) is 1. The highest BCUT2D eigenvalue weighted by atomic mass is 16.5. The number of nitrogens with one attached hydrogen (secondary N) is 1. The molecule has 4 nitrogen and oxygen atoms in total. The van der Waals surface area contributed by atoms with E-state index >= 15 is 0 Å². The summed E-state index contributed by atoms with van der Waals surface area (Å²) in [5.41, 5.74) is 1.56. The summed E-state index contributed by atoms with van der Waals surface area (Å²) in [6.45, 7) is 6.38. The van der Waals surface area contributed by atoms with E-state index in [1.54, 1.807) is 0 Å². The van der Waals surface area contributed by atoms with Crippen LogP contribution in [0.25, 0.3) is 0 Å². The van der Waals surface area contributed by atoms with Crippen LogP contribution in [0.3, 0.4) is 0 Å². The Morgan fingerprint density at radius 3 is 2.35 bits per heavy atom. The topological polar surface area (TPSA) is 41.6 Å². The first-order valence-electron chi connectivity index (χ1n) is 12.0. The van der Waals surface area contributed by atoms with Crippen molar-refractivity contribution >= 4 is 11.6 Å². The molecule has 4 rings (SSSR count). The van der Waals surface area contributed by atoms with Crippen molar-refractivity contribution in [1.82, 2.24) is 4.90 Å². The molecule has 1 amide bonds. The molecule has 166 valence electrons. The van der Waals surface area contributed by atoms with Gasteiger partial charge in [-0.25, -0.2) is 0 Å². The molecule has 2 aromatic carbocycles. The normalized spacial score (nSPS) is 19.6. The van der Waals surface area contributed by atoms with E-state index < -0.39 is 5.41 Å². The zero-order valence-corrected chi connectivity index (χ0v) is 18.8. The quantitative estimate of drug-likeness (QED) is 0.630. The minimum absolute atomic E-state index is 0.117. The highest BCUT2D eigenvalue weighted by Crippen LogP contribution is 2.40. The largest absolute Gasteiger partial charge is 0.492 e. The van der Waals surface area contributed by atoms with Gasteiger partial charge in [-0.3, -0.25) is 9.69 Å². The highest BCUT2D eigenvalue weighted by Gasteiger charge is 2.40. The second-order valence-corrected chi connectivity index (χ2v) is 9.36. The van der Waals surface area contributed by atoms with Crippen LogP contribution in [0.15, 0.2) is 54.6 Å². The van der Waals surface area contributed by atoms with Crippen LogP contribution in [-0.4, -0.2) is 37.0 Å². The van der Waals surface area contributed by atoms with Crippen molar-refractivity contribution < 1.29 is 9.53 Å². The Labute approximate surface area is 187 Å². The molecule has 0 radical (unpaired) electrons. The molecular weight excluding hydrogens is 384 g/mol. The van der Waals surface area contributed by atoms with Gasteiger partial charge in [0.15, 0.2) is 0 Å². The van der Waals surface area contributed by atoms with Gasteiger partial charge >= 0.3 is 0 Å². The maximum Gasteiger partial charge on any atom is 0.235 e. The van der Waals surface area contributed by atoms with E-state index in [9.17, 15) is 4.79 Å². The number of carbonyl (C=O) groups is 1. The average Bonchev–Trinajstić information content (AvgIpc) is 2.82. The summed E-state index contributed by atoms with van der Waals surface area (Å²) in [5, 5.41) is 3.19. The fourth-order valence-corrected chi connectivity index (χ4v) is 5.02. The molecule has 0 bridgehead atoms. The van der Waals surface area contributed by atoms with E-state index in [-0.39, 0.29) is 5.91 Å². The molecule has 0 spiro atoms. The van der Waals surface area contributed by atoms with Gasteiger partial charge in [-0.2, -0.15) is 0 Å². The number of rotatable bonds is 7. The van der Waals surface area contributed by atoms with E-state index in [1.165, 1.54) is 32.4 Å². The third kappa shape index (κ3) is 5.48. The lowest BCUT2D eigenvalue weighted by Crippen LogP contribution is -2.42. The lowest BCUT2D eigenvalue weighted by molar-refractivity contribution is -0.122. The molecule has 31 heavy (non-hydrogen) atoms. The molecular formula is C27H36N2O2. The van der Waals surface area contributed by atoms with Crippen molar-refractivity contribution in [3.05, 3.63) is 60.2 Å². The summed E-state index contributed by atoms with van der Waals surface area (Å²) in [6, 6.07) is 18.1. The van der Waals surface area contributed by atoms with Crippen LogP contribution in [0.2, 0.25) is 0 Å². The Hall–Kier alpha value is -2.33. The minimum atomic E-state index is -0.416. The predicted molar refractivity (Wildman–Crippen MR) is 127 cm³/mol. The van der Waals surface area contributed by atoms with Gasteiger partial charge in [0.05, 0.1) is 5.41 Å². The van der Waals surface area contributed by atoms with E-state index in [4.69, 9.17) is 4.74 Å². The van der Waals surface area contributed by atoms with Crippen molar-refractivity contribution in [3.8, 4) is 5.75 Å². The number of likely N-dealkylation sites (tertiary alicyclic amines) is 1. The summed E-state index contributed by atoms with van der Waals surface area (Å²) in [7, 11) is 0. The van der Waals surface area contributed by atoms with E-state index in [2.05, 4.69) is 29.3 Å². The second kappa shape index (κ2) is 10.3. The van der Waals surface area contributed by atoms with Crippen molar-refractivity contribution in [3.63, 3.8) is 0 Å². The van der Waals surface area contributed by atoms with Gasteiger partial charge in [-0.1, -0.05) is 56.5 Å². The molecule has 1 saturated heterocycles. The number of anilines is 1. The summed E-state index contributed by atoms with van der Waals surface area (Å²) >= 11 is 0. The third-order valence-corrected chi connectivity index (χ3v) is 7.13. The lowest BCUT2D eigenvalue weighted by Gasteiger charge is -2.36. The van der Waals surface area contributed by atoms with E-state index in [0.717, 1.165) is 55.1 Å². The van der Waals surface area contributed by atoms with Crippen molar-refractivity contribution in [2.75, 3.05) is 31.6 Å². The van der Waals surface area contributed by atoms with Gasteiger partial charge in [0.25, 0.3) is 0 Å². The van der Waals surface area contributed by atoms with Gasteiger partial charge in [-0.05, 0) is 74.5 Å². The van der Waals surface area contributed by atoms with Crippen molar-refractivity contribution in [1.29, 1.82) is 0 Å². The Morgan fingerprint density at radius 1 is 1.00 bits per heavy atom. The monoisotopic (exact) mass is 420 g/mol. The second-order valence-electron chi connectivity index (χ2n) is 9.36. The molecule has 1 saturated carbocycles. The Kier molecular flexibility index (Phi) is 7.29. The van der Waals surface area contributed by atoms with Crippen LogP contribution in [0.5, 0.6) is 5.75 Å². The summed E-state index contributed by atoms with van der Waals surface area (Å²) in [5.74, 6) is 1.83. The minimum Gasteiger partial charge on any atom is -0.492 e. The van der Waals surface area contributed by atoms with Gasteiger partial charge in [0.1, 0.15) is 12.4 Å². The van der Waals surface area contributed by atoms with Crippen LogP contribution in [0, 0.1) is 5.92 Å². The summed E-state index contributed by atoms with van der Waals surface area (Å²) < 4.78 is 5.95. The van der Waals surface area contributed by atoms with Crippen LogP contribution in [0.4, 0.5) is 5.69 Å². The zero-order valence-electron chi connectivity index (χ0n) is 18.8. The Morgan fingerprint density at radius 2 is 1.68 bits per heavy atom. The first-order valence-corrected chi connectivity index (χ1v) is 12.0. The molecule has 1 heterocycles. The predicted octanol–water partition coefficient (Wildman–Crippen LogP) is 5.64. The highest BCUT2D eigenvalue weighted by molar-refractivity contribution is 5.99. The van der Waals surface area contributed by atoms with Gasteiger partial charge in [0.2, 0.25) is 5.91 Å². The number of carbonyl (C=O) groups excluding carboxylic acids is 1. The first-order chi connectivity index (χ1) is 15.2. The molecule has 0 atom stereocenters. The molecule has 1 aliphatic heterocycles. The maximum atomic E-state index is 13.4. The molecule has 2 fully saturated rings. The van der Waals surface area contributed by atoms with Crippen LogP contribution >= 0.6 is 0 Å². The number of benzene rings is 2. The Bertz CT molecular complexity index is 820. The molecule has 0 unspecified atom stereocenters. The molecule has 1 aliphatic carbocycles. The standard InChI is InChI=1S/C27H36N2O2/c1-22-14-18-29(19-15-22)20-21-31-25-12-10-24(11-13-25)28-26(30)27(16-6-3-7-17-27)23-8-4-2-5-9-23/h2,4-5,8-13,22H,3,6-7,14-21H2,1H3,(H,28,30). The maximum absolute atomic E-state index is 13.4. The molecule has 0 aromatic heterocycles. The third-order valence-electron chi connectivity index (χ3n) is 7.13.